The molecule has 0 aromatic heterocycles. The predicted molar refractivity (Wildman–Crippen MR) is 52.4 cm³/mol. The normalized spacial score (nSPS) is 10.8. The molecule has 0 heterocycles. The van der Waals surface area contributed by atoms with Gasteiger partial charge in [0.25, 0.3) is 0 Å². The average molecular weight is 201 g/mol. The summed E-state index contributed by atoms with van der Waals surface area (Å²) in [6.07, 6.45) is -0.540. The molecule has 0 bridgehead atoms. The smallest absolute Gasteiger partial charge is 0.107 e. The number of halogens is 1. The van der Waals surface area contributed by atoms with E-state index in [1.165, 1.54) is 0 Å². The van der Waals surface area contributed by atoms with Crippen molar-refractivity contribution in [2.75, 3.05) is 0 Å². The van der Waals surface area contributed by atoms with Gasteiger partial charge in [-0.05, 0) is 17.7 Å². The molecule has 0 spiro atoms. The maximum absolute atomic E-state index is 12.2. The van der Waals surface area contributed by atoms with Gasteiger partial charge < -0.3 is 11.5 Å². The van der Waals surface area contributed by atoms with Crippen molar-refractivity contribution in [3.63, 3.8) is 0 Å². The molecule has 0 aliphatic heterocycles. The van der Waals surface area contributed by atoms with Crippen LogP contribution in [-0.2, 0) is 6.54 Å². The van der Waals surface area contributed by atoms with Gasteiger partial charge in [-0.25, -0.2) is 0 Å². The minimum absolute atomic E-state index is 0.227. The maximum atomic E-state index is 12.2. The standard InChI is InChI=1S/C8H12FN3S/c9-13-7-3-1-2-6(4-7)5-12-8(10)11/h1-4,8,12H,5,10-11H2. The van der Waals surface area contributed by atoms with Gasteiger partial charge in [0.15, 0.2) is 0 Å². The molecular formula is C8H12FN3S. The van der Waals surface area contributed by atoms with E-state index >= 15 is 0 Å². The average Bonchev–Trinajstić information content (AvgIpc) is 2.15. The van der Waals surface area contributed by atoms with E-state index < -0.39 is 6.29 Å². The van der Waals surface area contributed by atoms with E-state index in [1.807, 2.05) is 6.07 Å². The monoisotopic (exact) mass is 201 g/mol. The molecule has 1 rings (SSSR count). The number of benzene rings is 1. The van der Waals surface area contributed by atoms with Crippen LogP contribution in [0, 0.1) is 0 Å². The molecule has 0 fully saturated rings. The van der Waals surface area contributed by atoms with Gasteiger partial charge in [-0.15, -0.1) is 0 Å². The summed E-state index contributed by atoms with van der Waals surface area (Å²) < 4.78 is 12.2. The van der Waals surface area contributed by atoms with Crippen molar-refractivity contribution < 1.29 is 3.89 Å². The Bertz CT molecular complexity index is 267. The van der Waals surface area contributed by atoms with E-state index in [2.05, 4.69) is 5.32 Å². The van der Waals surface area contributed by atoms with Crippen LogP contribution < -0.4 is 16.8 Å². The molecule has 5 heteroatoms. The lowest BCUT2D eigenvalue weighted by Gasteiger charge is -2.08. The third-order valence-corrected chi connectivity index (χ3v) is 1.96. The van der Waals surface area contributed by atoms with E-state index in [9.17, 15) is 3.89 Å². The first-order valence-electron chi connectivity index (χ1n) is 3.84. The molecule has 3 nitrogen and oxygen atoms in total. The molecule has 1 aromatic carbocycles. The summed E-state index contributed by atoms with van der Waals surface area (Å²) in [4.78, 5) is 0.588. The summed E-state index contributed by atoms with van der Waals surface area (Å²) in [5.74, 6) is 0. The van der Waals surface area contributed by atoms with Crippen molar-refractivity contribution in [1.29, 1.82) is 0 Å². The molecule has 72 valence electrons. The van der Waals surface area contributed by atoms with Crippen LogP contribution in [0.3, 0.4) is 0 Å². The number of nitrogens with one attached hydrogen (secondary N) is 1. The van der Waals surface area contributed by atoms with Crippen molar-refractivity contribution in [3.05, 3.63) is 29.8 Å². The van der Waals surface area contributed by atoms with E-state index in [0.717, 1.165) is 5.56 Å². The Balaban J connectivity index is 2.56. The van der Waals surface area contributed by atoms with Crippen LogP contribution in [0.1, 0.15) is 5.56 Å². The molecule has 0 amide bonds. The van der Waals surface area contributed by atoms with Crippen molar-refractivity contribution >= 4 is 12.1 Å². The zero-order valence-corrected chi connectivity index (χ0v) is 7.85. The second-order valence-electron chi connectivity index (χ2n) is 2.63. The van der Waals surface area contributed by atoms with Crippen LogP contribution in [0.2, 0.25) is 0 Å². The Hall–Kier alpha value is -0.620. The largest absolute Gasteiger partial charge is 0.304 e. The van der Waals surface area contributed by atoms with Crippen molar-refractivity contribution in [3.8, 4) is 0 Å². The quantitative estimate of drug-likeness (QED) is 0.635. The van der Waals surface area contributed by atoms with Crippen LogP contribution >= 0.6 is 12.1 Å². The van der Waals surface area contributed by atoms with E-state index in [0.29, 0.717) is 11.4 Å². The van der Waals surface area contributed by atoms with E-state index in [1.54, 1.807) is 18.2 Å². The predicted octanol–water partition coefficient (Wildman–Crippen LogP) is 0.954. The molecule has 0 aliphatic rings. The topological polar surface area (TPSA) is 64.1 Å². The first-order chi connectivity index (χ1) is 6.22. The van der Waals surface area contributed by atoms with Crippen molar-refractivity contribution in [2.24, 2.45) is 11.5 Å². The van der Waals surface area contributed by atoms with Crippen LogP contribution in [0.4, 0.5) is 3.89 Å². The van der Waals surface area contributed by atoms with Crippen LogP contribution in [0.15, 0.2) is 29.2 Å². The molecule has 0 saturated carbocycles. The van der Waals surface area contributed by atoms with Gasteiger partial charge in [-0.2, -0.15) is 3.89 Å². The molecule has 0 atom stereocenters. The van der Waals surface area contributed by atoms with E-state index in [-0.39, 0.29) is 12.1 Å². The van der Waals surface area contributed by atoms with Gasteiger partial charge in [0, 0.05) is 11.4 Å². The van der Waals surface area contributed by atoms with Gasteiger partial charge in [0.2, 0.25) is 0 Å². The Morgan fingerprint density at radius 1 is 1.46 bits per heavy atom. The second-order valence-corrected chi connectivity index (χ2v) is 3.26. The molecule has 0 aliphatic carbocycles. The van der Waals surface area contributed by atoms with Gasteiger partial charge in [-0.3, -0.25) is 5.32 Å². The summed E-state index contributed by atoms with van der Waals surface area (Å²) in [6.45, 7) is 0.548. The fraction of sp³-hybridized carbons (Fsp3) is 0.250. The molecule has 1 aromatic rings. The lowest BCUT2D eigenvalue weighted by Crippen LogP contribution is -2.44. The fourth-order valence-electron chi connectivity index (χ4n) is 0.939. The first kappa shape index (κ1) is 10.5. The Morgan fingerprint density at radius 3 is 2.85 bits per heavy atom. The highest BCUT2D eigenvalue weighted by Gasteiger charge is 1.97. The van der Waals surface area contributed by atoms with Crippen molar-refractivity contribution in [2.45, 2.75) is 17.7 Å². The summed E-state index contributed by atoms with van der Waals surface area (Å²) in [5.41, 5.74) is 11.6. The lowest BCUT2D eigenvalue weighted by molar-refractivity contribution is 0.544. The highest BCUT2D eigenvalue weighted by Crippen LogP contribution is 2.19. The van der Waals surface area contributed by atoms with Gasteiger partial charge in [0.1, 0.15) is 6.29 Å². The molecule has 0 saturated heterocycles. The second kappa shape index (κ2) is 5.18. The van der Waals surface area contributed by atoms with Crippen LogP contribution in [0.25, 0.3) is 0 Å². The number of rotatable bonds is 4. The Labute approximate surface area is 81.0 Å². The minimum atomic E-state index is -0.540. The Morgan fingerprint density at radius 2 is 2.23 bits per heavy atom. The number of nitrogens with two attached hydrogens (primary N) is 2. The number of hydrogen-bond donors (Lipinski definition) is 3. The molecule has 13 heavy (non-hydrogen) atoms. The molecular weight excluding hydrogens is 189 g/mol. The molecule has 5 N–H and O–H groups in total. The van der Waals surface area contributed by atoms with Gasteiger partial charge in [-0.1, -0.05) is 12.1 Å². The lowest BCUT2D eigenvalue weighted by atomic mass is 10.2. The van der Waals surface area contributed by atoms with Gasteiger partial charge >= 0.3 is 0 Å². The zero-order valence-electron chi connectivity index (χ0n) is 7.03. The maximum Gasteiger partial charge on any atom is 0.107 e. The summed E-state index contributed by atoms with van der Waals surface area (Å²) >= 11 is 0.227. The van der Waals surface area contributed by atoms with Crippen LogP contribution in [-0.4, -0.2) is 6.29 Å². The minimum Gasteiger partial charge on any atom is -0.304 e. The fourth-order valence-corrected chi connectivity index (χ4v) is 1.27. The number of hydrogen-bond acceptors (Lipinski definition) is 4. The summed E-state index contributed by atoms with van der Waals surface area (Å²) in [5, 5.41) is 2.84. The highest BCUT2D eigenvalue weighted by molar-refractivity contribution is 7.94. The highest BCUT2D eigenvalue weighted by atomic mass is 32.2. The third-order valence-electron chi connectivity index (χ3n) is 1.53. The zero-order chi connectivity index (χ0) is 9.68. The summed E-state index contributed by atoms with van der Waals surface area (Å²) in [7, 11) is 0. The van der Waals surface area contributed by atoms with Gasteiger partial charge in [0.05, 0.1) is 12.1 Å². The van der Waals surface area contributed by atoms with Crippen LogP contribution in [0.5, 0.6) is 0 Å². The third kappa shape index (κ3) is 3.73. The molecule has 0 unspecified atom stereocenters. The Kier molecular flexibility index (Phi) is 4.17. The molecule has 0 radical (unpaired) electrons. The van der Waals surface area contributed by atoms with E-state index in [4.69, 9.17) is 11.5 Å². The first-order valence-corrected chi connectivity index (χ1v) is 4.56. The summed E-state index contributed by atoms with van der Waals surface area (Å²) in [6, 6.07) is 7.13. The SMILES string of the molecule is NC(N)NCc1cccc(SF)c1. The van der Waals surface area contributed by atoms with Crippen molar-refractivity contribution in [1.82, 2.24) is 5.32 Å².